The van der Waals surface area contributed by atoms with E-state index in [0.717, 1.165) is 29.0 Å². The molecule has 1 aromatic heterocycles. The maximum Gasteiger partial charge on any atom is 0.227 e. The largest absolute Gasteiger partial charge is 0.397 e. The van der Waals surface area contributed by atoms with Crippen molar-refractivity contribution < 1.29 is 9.18 Å². The van der Waals surface area contributed by atoms with Gasteiger partial charge >= 0.3 is 0 Å². The number of nitrogen functional groups attached to an aromatic ring is 1. The van der Waals surface area contributed by atoms with Crippen LogP contribution in [0.3, 0.4) is 0 Å². The molecule has 29 heavy (non-hydrogen) atoms. The van der Waals surface area contributed by atoms with Gasteiger partial charge in [0.1, 0.15) is 10.8 Å². The van der Waals surface area contributed by atoms with Crippen LogP contribution in [0.2, 0.25) is 0 Å². The smallest absolute Gasteiger partial charge is 0.227 e. The molecule has 1 heterocycles. The SMILES string of the molecule is CC(Cc1cccc(F)c1)C(=O)Nc1ccc2c(c1N)CCC2Nc1ccns1. The number of rotatable bonds is 6. The van der Waals surface area contributed by atoms with E-state index in [-0.39, 0.29) is 23.7 Å². The Morgan fingerprint density at radius 3 is 2.97 bits per heavy atom. The maximum absolute atomic E-state index is 13.4. The van der Waals surface area contributed by atoms with Crippen molar-refractivity contribution in [3.8, 4) is 0 Å². The zero-order valence-electron chi connectivity index (χ0n) is 16.1. The normalized spacial score (nSPS) is 16.3. The summed E-state index contributed by atoms with van der Waals surface area (Å²) in [5.41, 5.74) is 10.7. The van der Waals surface area contributed by atoms with E-state index in [9.17, 15) is 9.18 Å². The number of nitrogens with two attached hydrogens (primary N) is 1. The number of amides is 1. The summed E-state index contributed by atoms with van der Waals surface area (Å²) < 4.78 is 17.5. The Morgan fingerprint density at radius 1 is 1.34 bits per heavy atom. The van der Waals surface area contributed by atoms with Crippen molar-refractivity contribution in [2.24, 2.45) is 5.92 Å². The lowest BCUT2D eigenvalue weighted by Gasteiger charge is -2.17. The molecule has 0 saturated carbocycles. The molecule has 1 amide bonds. The van der Waals surface area contributed by atoms with Crippen molar-refractivity contribution in [2.45, 2.75) is 32.2 Å². The van der Waals surface area contributed by atoms with Crippen LogP contribution in [0.1, 0.15) is 36.1 Å². The predicted molar refractivity (Wildman–Crippen MR) is 116 cm³/mol. The van der Waals surface area contributed by atoms with Gasteiger partial charge in [-0.15, -0.1) is 0 Å². The van der Waals surface area contributed by atoms with E-state index in [0.29, 0.717) is 17.8 Å². The molecule has 4 rings (SSSR count). The van der Waals surface area contributed by atoms with E-state index in [4.69, 9.17) is 5.73 Å². The van der Waals surface area contributed by atoms with Crippen LogP contribution in [-0.2, 0) is 17.6 Å². The quantitative estimate of drug-likeness (QED) is 0.511. The number of fused-ring (bicyclic) bond motifs is 1. The van der Waals surface area contributed by atoms with Crippen LogP contribution in [0.4, 0.5) is 20.8 Å². The summed E-state index contributed by atoms with van der Waals surface area (Å²) in [5, 5.41) is 7.48. The average Bonchev–Trinajstić information content (AvgIpc) is 3.35. The van der Waals surface area contributed by atoms with Crippen molar-refractivity contribution in [3.05, 3.63) is 71.2 Å². The predicted octanol–water partition coefficient (Wildman–Crippen LogP) is 4.78. The first-order valence-corrected chi connectivity index (χ1v) is 10.4. The van der Waals surface area contributed by atoms with Gasteiger partial charge in [-0.1, -0.05) is 25.1 Å². The second kappa shape index (κ2) is 8.21. The highest BCUT2D eigenvalue weighted by molar-refractivity contribution is 7.10. The standard InChI is InChI=1S/C22H23FN4OS/c1-13(11-14-3-2-4-15(23)12-14)22(28)27-19-8-5-16-17(21(19)24)6-7-18(16)26-20-9-10-25-29-20/h2-5,8-10,12-13,18,26H,6-7,11,24H2,1H3,(H,27,28). The van der Waals surface area contributed by atoms with E-state index in [1.165, 1.54) is 29.2 Å². The number of hydrogen-bond acceptors (Lipinski definition) is 5. The van der Waals surface area contributed by atoms with Crippen molar-refractivity contribution >= 4 is 33.8 Å². The Balaban J connectivity index is 1.45. The summed E-state index contributed by atoms with van der Waals surface area (Å²) in [5.74, 6) is -0.720. The summed E-state index contributed by atoms with van der Waals surface area (Å²) >= 11 is 1.43. The summed E-state index contributed by atoms with van der Waals surface area (Å²) in [6.45, 7) is 1.83. The third-order valence-corrected chi connectivity index (χ3v) is 6.02. The number of benzene rings is 2. The first-order valence-electron chi connectivity index (χ1n) is 9.65. The van der Waals surface area contributed by atoms with Gasteiger partial charge in [0.15, 0.2) is 0 Å². The Kier molecular flexibility index (Phi) is 5.49. The van der Waals surface area contributed by atoms with Crippen molar-refractivity contribution in [2.75, 3.05) is 16.4 Å². The van der Waals surface area contributed by atoms with E-state index in [1.54, 1.807) is 12.3 Å². The fourth-order valence-electron chi connectivity index (χ4n) is 3.82. The lowest BCUT2D eigenvalue weighted by molar-refractivity contribution is -0.119. The Bertz CT molecular complexity index is 1020. The molecular formula is C22H23FN4OS. The van der Waals surface area contributed by atoms with Gasteiger partial charge in [0.2, 0.25) is 5.91 Å². The summed E-state index contributed by atoms with van der Waals surface area (Å²) in [4.78, 5) is 12.7. The Hall–Kier alpha value is -2.93. The zero-order chi connectivity index (χ0) is 20.4. The first kappa shape index (κ1) is 19.4. The van der Waals surface area contributed by atoms with Gasteiger partial charge in [0.05, 0.1) is 17.4 Å². The number of nitrogens with zero attached hydrogens (tertiary/aromatic N) is 1. The fraction of sp³-hybridized carbons (Fsp3) is 0.273. The molecule has 0 saturated heterocycles. The van der Waals surface area contributed by atoms with E-state index in [2.05, 4.69) is 15.0 Å². The molecular weight excluding hydrogens is 387 g/mol. The van der Waals surface area contributed by atoms with Crippen LogP contribution in [0.15, 0.2) is 48.7 Å². The van der Waals surface area contributed by atoms with Crippen molar-refractivity contribution in [1.29, 1.82) is 0 Å². The first-order chi connectivity index (χ1) is 14.0. The summed E-state index contributed by atoms with van der Waals surface area (Å²) in [6.07, 6.45) is 4.06. The molecule has 150 valence electrons. The third-order valence-electron chi connectivity index (χ3n) is 5.34. The maximum atomic E-state index is 13.4. The molecule has 0 aliphatic heterocycles. The molecule has 0 fully saturated rings. The Morgan fingerprint density at radius 2 is 2.21 bits per heavy atom. The van der Waals surface area contributed by atoms with Gasteiger partial charge in [-0.05, 0) is 71.8 Å². The molecule has 4 N–H and O–H groups in total. The van der Waals surface area contributed by atoms with E-state index >= 15 is 0 Å². The summed E-state index contributed by atoms with van der Waals surface area (Å²) in [6, 6.07) is 12.4. The van der Waals surface area contributed by atoms with Gasteiger partial charge in [-0.2, -0.15) is 4.37 Å². The van der Waals surface area contributed by atoms with Crippen molar-refractivity contribution in [1.82, 2.24) is 4.37 Å². The summed E-state index contributed by atoms with van der Waals surface area (Å²) in [7, 11) is 0. The Labute approximate surface area is 173 Å². The fourth-order valence-corrected chi connectivity index (χ4v) is 4.37. The highest BCUT2D eigenvalue weighted by Gasteiger charge is 2.26. The molecule has 3 aromatic rings. The van der Waals surface area contributed by atoms with Crippen molar-refractivity contribution in [3.63, 3.8) is 0 Å². The molecule has 5 nitrogen and oxygen atoms in total. The number of anilines is 3. The number of nitrogens with one attached hydrogen (secondary N) is 2. The number of carbonyl (C=O) groups is 1. The highest BCUT2D eigenvalue weighted by Crippen LogP contribution is 2.40. The van der Waals surface area contributed by atoms with E-state index < -0.39 is 0 Å². The number of carbonyl (C=O) groups excluding carboxylic acids is 1. The minimum absolute atomic E-state index is 0.127. The molecule has 7 heteroatoms. The molecule has 1 aliphatic rings. The number of halogens is 1. The van der Waals surface area contributed by atoms with Crippen LogP contribution in [0.25, 0.3) is 0 Å². The molecule has 0 radical (unpaired) electrons. The van der Waals surface area contributed by atoms with Gasteiger partial charge in [-0.3, -0.25) is 4.79 Å². The van der Waals surface area contributed by atoms with Crippen LogP contribution < -0.4 is 16.4 Å². The third kappa shape index (κ3) is 4.24. The number of aromatic nitrogens is 1. The van der Waals surface area contributed by atoms with Gasteiger partial charge in [0, 0.05) is 12.1 Å². The molecule has 2 aromatic carbocycles. The second-order valence-corrected chi connectivity index (χ2v) is 8.26. The molecule has 0 spiro atoms. The van der Waals surface area contributed by atoms with Crippen LogP contribution in [-0.4, -0.2) is 10.3 Å². The monoisotopic (exact) mass is 410 g/mol. The zero-order valence-corrected chi connectivity index (χ0v) is 16.9. The number of hydrogen-bond donors (Lipinski definition) is 3. The van der Waals surface area contributed by atoms with Gasteiger partial charge < -0.3 is 16.4 Å². The van der Waals surface area contributed by atoms with Crippen LogP contribution in [0, 0.1) is 11.7 Å². The van der Waals surface area contributed by atoms with Crippen LogP contribution in [0.5, 0.6) is 0 Å². The van der Waals surface area contributed by atoms with Gasteiger partial charge in [-0.25, -0.2) is 4.39 Å². The molecule has 2 atom stereocenters. The lowest BCUT2D eigenvalue weighted by atomic mass is 9.99. The molecule has 1 aliphatic carbocycles. The second-order valence-electron chi connectivity index (χ2n) is 7.43. The molecule has 0 bridgehead atoms. The van der Waals surface area contributed by atoms with E-state index in [1.807, 2.05) is 31.2 Å². The minimum Gasteiger partial charge on any atom is -0.397 e. The topological polar surface area (TPSA) is 80.0 Å². The average molecular weight is 411 g/mol. The highest BCUT2D eigenvalue weighted by atomic mass is 32.1. The van der Waals surface area contributed by atoms with Gasteiger partial charge in [0.25, 0.3) is 0 Å². The van der Waals surface area contributed by atoms with Crippen LogP contribution >= 0.6 is 11.5 Å². The minimum atomic E-state index is -0.301. The molecule has 2 unspecified atom stereocenters. The lowest BCUT2D eigenvalue weighted by Crippen LogP contribution is -2.23.